The molecule has 2 nitrogen and oxygen atoms in total. The van der Waals surface area contributed by atoms with Crippen molar-refractivity contribution in [3.63, 3.8) is 0 Å². The van der Waals surface area contributed by atoms with Crippen molar-refractivity contribution in [2.24, 2.45) is 0 Å². The van der Waals surface area contributed by atoms with Gasteiger partial charge in [0.1, 0.15) is 11.2 Å². The molecule has 2 heteroatoms. The summed E-state index contributed by atoms with van der Waals surface area (Å²) in [7, 11) is 0. The van der Waals surface area contributed by atoms with Crippen molar-refractivity contribution >= 4 is 60.5 Å². The first-order valence-corrected chi connectivity index (χ1v) is 27.2. The molecule has 0 saturated heterocycles. The van der Waals surface area contributed by atoms with Crippen LogP contribution >= 0.6 is 0 Å². The normalized spacial score (nSPS) is 15.8. The maximum Gasteiger partial charge on any atom is 0.143 e. The third-order valence-electron chi connectivity index (χ3n) is 17.7. The van der Waals surface area contributed by atoms with Crippen LogP contribution in [-0.2, 0) is 21.7 Å². The lowest BCUT2D eigenvalue weighted by Gasteiger charge is -2.42. The lowest BCUT2D eigenvalue weighted by atomic mass is 9.59. The summed E-state index contributed by atoms with van der Waals surface area (Å²) in [6.45, 7) is 19.0. The van der Waals surface area contributed by atoms with Crippen molar-refractivity contribution in [1.82, 2.24) is 0 Å². The van der Waals surface area contributed by atoms with Crippen LogP contribution in [0.25, 0.3) is 88.0 Å². The summed E-state index contributed by atoms with van der Waals surface area (Å²) in [6.07, 6.45) is 0. The fourth-order valence-electron chi connectivity index (χ4n) is 14.4. The van der Waals surface area contributed by atoms with Gasteiger partial charge in [-0.3, -0.25) is 0 Å². The molecule has 11 aromatic carbocycles. The van der Waals surface area contributed by atoms with Crippen molar-refractivity contribution in [3.05, 3.63) is 257 Å². The Morgan fingerprint density at radius 2 is 0.895 bits per heavy atom. The van der Waals surface area contributed by atoms with Crippen LogP contribution in [0.15, 0.2) is 217 Å². The Morgan fingerprint density at radius 1 is 0.355 bits per heavy atom. The SMILES string of the molecule is CC(C)(C)c1cc2c(c3ccccc13)-c1ccc(C(C)(C)C)c3cccc(c13)C21c2ccccc2-c2ccc(N(c3cccc(-c4cccc5c4oc4ccccc45)c3)c3ccc4c(c3)C(C)(C)c3ccccc3-4)cc21. The highest BCUT2D eigenvalue weighted by molar-refractivity contribution is 6.15. The lowest BCUT2D eigenvalue weighted by Crippen LogP contribution is -2.33. The summed E-state index contributed by atoms with van der Waals surface area (Å²) < 4.78 is 6.70. The molecule has 1 unspecified atom stereocenters. The van der Waals surface area contributed by atoms with Gasteiger partial charge in [-0.25, -0.2) is 0 Å². The quantitative estimate of drug-likeness (QED) is 0.175. The first kappa shape index (κ1) is 45.0. The molecule has 76 heavy (non-hydrogen) atoms. The number of para-hydroxylation sites is 2. The predicted molar refractivity (Wildman–Crippen MR) is 320 cm³/mol. The second kappa shape index (κ2) is 15.6. The van der Waals surface area contributed by atoms with Crippen LogP contribution in [0.2, 0.25) is 0 Å². The number of rotatable bonds is 4. The van der Waals surface area contributed by atoms with E-state index in [1.165, 1.54) is 99.4 Å². The van der Waals surface area contributed by atoms with Crippen LogP contribution in [0.4, 0.5) is 17.1 Å². The minimum atomic E-state index is -0.656. The van der Waals surface area contributed by atoms with Gasteiger partial charge in [-0.1, -0.05) is 225 Å². The predicted octanol–water partition coefficient (Wildman–Crippen LogP) is 20.3. The van der Waals surface area contributed by atoms with Gasteiger partial charge in [0, 0.05) is 38.8 Å². The van der Waals surface area contributed by atoms with Crippen LogP contribution < -0.4 is 4.90 Å². The average Bonchev–Trinajstić information content (AvgIpc) is 4.07. The molecule has 0 N–H and O–H groups in total. The zero-order valence-corrected chi connectivity index (χ0v) is 44.6. The van der Waals surface area contributed by atoms with E-state index in [4.69, 9.17) is 4.42 Å². The molecule has 0 saturated carbocycles. The zero-order chi connectivity index (χ0) is 51.6. The highest BCUT2D eigenvalue weighted by Crippen LogP contribution is 2.64. The van der Waals surface area contributed by atoms with E-state index < -0.39 is 5.41 Å². The van der Waals surface area contributed by atoms with Gasteiger partial charge in [-0.05, 0) is 158 Å². The van der Waals surface area contributed by atoms with Gasteiger partial charge in [0.25, 0.3) is 0 Å². The Labute approximate surface area is 445 Å². The van der Waals surface area contributed by atoms with Crippen molar-refractivity contribution < 1.29 is 4.42 Å². The van der Waals surface area contributed by atoms with E-state index in [-0.39, 0.29) is 16.2 Å². The van der Waals surface area contributed by atoms with E-state index in [1.54, 1.807) is 0 Å². The molecule has 1 atom stereocenters. The van der Waals surface area contributed by atoms with E-state index in [1.807, 2.05) is 0 Å². The molecule has 3 aliphatic rings. The highest BCUT2D eigenvalue weighted by atomic mass is 16.3. The number of furan rings is 1. The first-order chi connectivity index (χ1) is 36.7. The smallest absolute Gasteiger partial charge is 0.143 e. The van der Waals surface area contributed by atoms with Crippen LogP contribution in [0.5, 0.6) is 0 Å². The van der Waals surface area contributed by atoms with Gasteiger partial charge in [-0.15, -0.1) is 0 Å². The molecule has 15 rings (SSSR count). The minimum absolute atomic E-state index is 0.0712. The van der Waals surface area contributed by atoms with E-state index in [9.17, 15) is 0 Å². The number of fused-ring (bicyclic) bond motifs is 17. The molecule has 0 aliphatic heterocycles. The van der Waals surface area contributed by atoms with Gasteiger partial charge in [0.05, 0.1) is 5.41 Å². The van der Waals surface area contributed by atoms with Gasteiger partial charge >= 0.3 is 0 Å². The average molecular weight is 978 g/mol. The fraction of sp³-hybridized carbons (Fsp3) is 0.162. The Kier molecular flexibility index (Phi) is 9.21. The summed E-state index contributed by atoms with van der Waals surface area (Å²) in [5, 5.41) is 7.58. The molecule has 3 aliphatic carbocycles. The van der Waals surface area contributed by atoms with E-state index in [2.05, 4.69) is 273 Å². The molecule has 366 valence electrons. The van der Waals surface area contributed by atoms with Gasteiger partial charge in [0.2, 0.25) is 0 Å². The van der Waals surface area contributed by atoms with Gasteiger partial charge in [-0.2, -0.15) is 0 Å². The second-order valence-corrected chi connectivity index (χ2v) is 24.4. The van der Waals surface area contributed by atoms with Crippen LogP contribution in [0.3, 0.4) is 0 Å². The standard InChI is InChI=1S/C74H59NO/c1-71(2,3)59-39-38-58-68-55-26-10-9-24-51(55)63(72(4,5)6)43-66(68)74(62-32-19-29-57(59)69(58)62)61-31-15-12-23-50(61)53-37-35-47(42-65(53)74)75(46-34-36-52-49-22-11-14-30-60(49)73(7,8)64(52)41-46)45-21-17-20-44(40-45)48-27-18-28-56-54-25-13-16-33-67(54)76-70(48)56/h9-43H,1-8H3. The third kappa shape index (κ3) is 6.04. The number of benzene rings is 11. The van der Waals surface area contributed by atoms with Gasteiger partial charge in [0.15, 0.2) is 0 Å². The molecule has 0 radical (unpaired) electrons. The Balaban J connectivity index is 1.04. The van der Waals surface area contributed by atoms with E-state index in [0.717, 1.165) is 50.1 Å². The molecule has 0 amide bonds. The summed E-state index contributed by atoms with van der Waals surface area (Å²) in [6, 6.07) is 80.8. The summed E-state index contributed by atoms with van der Waals surface area (Å²) in [4.78, 5) is 2.52. The van der Waals surface area contributed by atoms with Crippen molar-refractivity contribution in [1.29, 1.82) is 0 Å². The van der Waals surface area contributed by atoms with Crippen molar-refractivity contribution in [2.45, 2.75) is 77.0 Å². The summed E-state index contributed by atoms with van der Waals surface area (Å²) >= 11 is 0. The maximum atomic E-state index is 6.70. The summed E-state index contributed by atoms with van der Waals surface area (Å²) in [5.41, 5.74) is 24.9. The monoisotopic (exact) mass is 977 g/mol. The Bertz CT molecular complexity index is 4470. The molecular formula is C74H59NO. The van der Waals surface area contributed by atoms with Crippen LogP contribution in [0.1, 0.15) is 99.9 Å². The molecule has 1 aromatic heterocycles. The molecule has 12 aromatic rings. The third-order valence-corrected chi connectivity index (χ3v) is 17.7. The lowest BCUT2D eigenvalue weighted by molar-refractivity contribution is 0.593. The van der Waals surface area contributed by atoms with Crippen LogP contribution in [0, 0.1) is 0 Å². The zero-order valence-electron chi connectivity index (χ0n) is 44.6. The maximum absolute atomic E-state index is 6.70. The van der Waals surface area contributed by atoms with Crippen LogP contribution in [-0.4, -0.2) is 0 Å². The Hall–Kier alpha value is -8.46. The largest absolute Gasteiger partial charge is 0.455 e. The summed E-state index contributed by atoms with van der Waals surface area (Å²) in [5.74, 6) is 0. The molecule has 1 heterocycles. The highest BCUT2D eigenvalue weighted by Gasteiger charge is 2.51. The van der Waals surface area contributed by atoms with Crippen molar-refractivity contribution in [3.8, 4) is 44.5 Å². The topological polar surface area (TPSA) is 16.4 Å². The molecular weight excluding hydrogens is 919 g/mol. The van der Waals surface area contributed by atoms with E-state index >= 15 is 0 Å². The number of nitrogens with zero attached hydrogens (tertiary/aromatic N) is 1. The second-order valence-electron chi connectivity index (χ2n) is 24.4. The van der Waals surface area contributed by atoms with Crippen molar-refractivity contribution in [2.75, 3.05) is 4.90 Å². The van der Waals surface area contributed by atoms with Gasteiger partial charge < -0.3 is 9.32 Å². The molecule has 1 spiro atoms. The minimum Gasteiger partial charge on any atom is -0.455 e. The van der Waals surface area contributed by atoms with E-state index in [0.29, 0.717) is 0 Å². The molecule has 0 bridgehead atoms. The number of hydrogen-bond donors (Lipinski definition) is 0. The molecule has 0 fully saturated rings. The number of hydrogen-bond acceptors (Lipinski definition) is 2. The Morgan fingerprint density at radius 3 is 1.66 bits per heavy atom. The number of anilines is 3. The fourth-order valence-corrected chi connectivity index (χ4v) is 14.4. The first-order valence-electron chi connectivity index (χ1n) is 27.2.